The van der Waals surface area contributed by atoms with Crippen molar-refractivity contribution >= 4 is 33.5 Å². The van der Waals surface area contributed by atoms with E-state index >= 15 is 0 Å². The number of nitrogens with one attached hydrogen (secondary N) is 1. The molecule has 0 spiro atoms. The molecule has 0 bridgehead atoms. The van der Waals surface area contributed by atoms with Gasteiger partial charge in [0.05, 0.1) is 25.5 Å². The van der Waals surface area contributed by atoms with E-state index in [1.807, 2.05) is 60.7 Å². The van der Waals surface area contributed by atoms with E-state index in [9.17, 15) is 9.59 Å². The van der Waals surface area contributed by atoms with Gasteiger partial charge in [0.2, 0.25) is 5.88 Å². The molecule has 1 N–H and O–H groups in total. The Morgan fingerprint density at radius 2 is 1.49 bits per heavy atom. The molecule has 4 aromatic carbocycles. The monoisotopic (exact) mass is 611 g/mol. The van der Waals surface area contributed by atoms with Crippen LogP contribution in [-0.4, -0.2) is 35.9 Å². The number of nitrogens with zero attached hydrogens (tertiary/aromatic N) is 2. The number of benzene rings is 4. The smallest absolute Gasteiger partial charge is 0.309 e. The molecule has 0 radical (unpaired) electrons. The maximum atomic E-state index is 12.8. The molecule has 5 rings (SSSR count). The Bertz CT molecular complexity index is 1690. The number of para-hydroxylation sites is 1. The number of hydrogen-bond donors (Lipinski definition) is 1. The largest absolute Gasteiger partial charge is 0.497 e. The minimum absolute atomic E-state index is 0.235. The van der Waals surface area contributed by atoms with Crippen molar-refractivity contribution in [3.8, 4) is 45.5 Å². The molecule has 0 aliphatic rings. The summed E-state index contributed by atoms with van der Waals surface area (Å²) in [5.41, 5.74) is 4.40. The highest BCUT2D eigenvalue weighted by atomic mass is 79.9. The number of esters is 1. The quantitative estimate of drug-likeness (QED) is 0.187. The Morgan fingerprint density at radius 3 is 2.10 bits per heavy atom. The van der Waals surface area contributed by atoms with Gasteiger partial charge < -0.3 is 19.5 Å². The van der Waals surface area contributed by atoms with Crippen LogP contribution in [0.2, 0.25) is 0 Å². The van der Waals surface area contributed by atoms with Crippen LogP contribution in [0.25, 0.3) is 28.1 Å². The molecule has 1 heterocycles. The van der Waals surface area contributed by atoms with E-state index in [1.165, 1.54) is 6.92 Å². The van der Waals surface area contributed by atoms with Crippen molar-refractivity contribution in [2.45, 2.75) is 6.92 Å². The first-order chi connectivity index (χ1) is 19.9. The third-order valence-electron chi connectivity index (χ3n) is 6.23. The highest BCUT2D eigenvalue weighted by Gasteiger charge is 2.25. The Morgan fingerprint density at radius 1 is 0.805 bits per heavy atom. The van der Waals surface area contributed by atoms with Crippen LogP contribution in [0.15, 0.2) is 102 Å². The first-order valence-electron chi connectivity index (χ1n) is 12.6. The van der Waals surface area contributed by atoms with E-state index in [4.69, 9.17) is 19.3 Å². The van der Waals surface area contributed by atoms with Gasteiger partial charge in [-0.2, -0.15) is 9.78 Å². The van der Waals surface area contributed by atoms with E-state index in [1.54, 1.807) is 55.3 Å². The van der Waals surface area contributed by atoms with Crippen LogP contribution >= 0.6 is 15.9 Å². The lowest BCUT2D eigenvalue weighted by molar-refractivity contribution is -0.132. The fraction of sp³-hybridized carbons (Fsp3) is 0.0938. The number of hydrogen-bond acceptors (Lipinski definition) is 6. The maximum Gasteiger partial charge on any atom is 0.309 e. The predicted molar refractivity (Wildman–Crippen MR) is 161 cm³/mol. The predicted octanol–water partition coefficient (Wildman–Crippen LogP) is 7.16. The van der Waals surface area contributed by atoms with E-state index in [0.717, 1.165) is 10.0 Å². The summed E-state index contributed by atoms with van der Waals surface area (Å²) in [6, 6.07) is 29.3. The van der Waals surface area contributed by atoms with Crippen LogP contribution in [0.4, 0.5) is 5.69 Å². The number of halogens is 1. The van der Waals surface area contributed by atoms with Crippen LogP contribution in [0.1, 0.15) is 17.3 Å². The number of aromatic nitrogens is 2. The van der Waals surface area contributed by atoms with Crippen molar-refractivity contribution in [3.05, 3.63) is 107 Å². The van der Waals surface area contributed by atoms with E-state index in [0.29, 0.717) is 45.3 Å². The normalized spacial score (nSPS) is 10.6. The fourth-order valence-electron chi connectivity index (χ4n) is 4.34. The van der Waals surface area contributed by atoms with Crippen molar-refractivity contribution in [1.82, 2.24) is 9.78 Å². The van der Waals surface area contributed by atoms with Crippen molar-refractivity contribution in [3.63, 3.8) is 0 Å². The Balaban J connectivity index is 1.64. The Kier molecular flexibility index (Phi) is 8.16. The van der Waals surface area contributed by atoms with Gasteiger partial charge in [0.15, 0.2) is 0 Å². The third kappa shape index (κ3) is 6.15. The van der Waals surface area contributed by atoms with Crippen molar-refractivity contribution in [2.24, 2.45) is 0 Å². The van der Waals surface area contributed by atoms with Crippen LogP contribution in [0.3, 0.4) is 0 Å². The molecule has 0 saturated heterocycles. The van der Waals surface area contributed by atoms with Crippen LogP contribution in [0.5, 0.6) is 17.4 Å². The fourth-order valence-corrected chi connectivity index (χ4v) is 4.74. The number of rotatable bonds is 8. The van der Waals surface area contributed by atoms with Gasteiger partial charge in [-0.15, -0.1) is 0 Å². The molecule has 1 aromatic heterocycles. The van der Waals surface area contributed by atoms with Crippen LogP contribution in [-0.2, 0) is 4.79 Å². The van der Waals surface area contributed by atoms with Gasteiger partial charge >= 0.3 is 5.97 Å². The minimum atomic E-state index is -0.490. The molecule has 0 fully saturated rings. The van der Waals surface area contributed by atoms with Crippen LogP contribution in [0, 0.1) is 0 Å². The van der Waals surface area contributed by atoms with Gasteiger partial charge in [0.25, 0.3) is 5.91 Å². The molecule has 0 atom stereocenters. The molecule has 0 unspecified atom stereocenters. The van der Waals surface area contributed by atoms with Crippen molar-refractivity contribution in [2.75, 3.05) is 19.5 Å². The zero-order chi connectivity index (χ0) is 28.9. The highest BCUT2D eigenvalue weighted by molar-refractivity contribution is 9.10. The van der Waals surface area contributed by atoms with E-state index < -0.39 is 5.97 Å². The first kappa shape index (κ1) is 27.7. The lowest BCUT2D eigenvalue weighted by Crippen LogP contribution is -2.11. The number of ether oxygens (including phenoxy) is 3. The number of anilines is 1. The zero-order valence-electron chi connectivity index (χ0n) is 22.6. The molecule has 41 heavy (non-hydrogen) atoms. The number of carbonyl (C=O) groups excluding carboxylic acids is 2. The minimum Gasteiger partial charge on any atom is -0.497 e. The molecule has 0 aliphatic heterocycles. The van der Waals surface area contributed by atoms with E-state index in [-0.39, 0.29) is 11.8 Å². The lowest BCUT2D eigenvalue weighted by atomic mass is 10.0. The topological polar surface area (TPSA) is 91.7 Å². The second-order valence-corrected chi connectivity index (χ2v) is 9.93. The van der Waals surface area contributed by atoms with Gasteiger partial charge in [-0.1, -0.05) is 52.3 Å². The Labute approximate surface area is 245 Å². The lowest BCUT2D eigenvalue weighted by Gasteiger charge is -2.11. The summed E-state index contributed by atoms with van der Waals surface area (Å²) in [7, 11) is 3.15. The molecule has 0 saturated carbocycles. The summed E-state index contributed by atoms with van der Waals surface area (Å²) in [6.45, 7) is 1.35. The average molecular weight is 612 g/mol. The summed E-state index contributed by atoms with van der Waals surface area (Å²) < 4.78 is 19.2. The third-order valence-corrected chi connectivity index (χ3v) is 6.72. The van der Waals surface area contributed by atoms with Gasteiger partial charge in [0, 0.05) is 34.3 Å². The number of carbonyl (C=O) groups is 2. The SMILES string of the molecule is COc1cc(OC)cc(-c2nn(-c3ccccc3)c(OC(C)=O)c2-c2ccc(NC(=O)c3cccc(Br)c3)cc2)c1. The van der Waals surface area contributed by atoms with Gasteiger partial charge in [0.1, 0.15) is 17.2 Å². The molecule has 1 amide bonds. The molecular weight excluding hydrogens is 586 g/mol. The summed E-state index contributed by atoms with van der Waals surface area (Å²) in [6.07, 6.45) is 0. The summed E-state index contributed by atoms with van der Waals surface area (Å²) in [4.78, 5) is 25.1. The second kappa shape index (κ2) is 12.1. The van der Waals surface area contributed by atoms with Crippen LogP contribution < -0.4 is 19.5 Å². The van der Waals surface area contributed by atoms with Gasteiger partial charge in [-0.05, 0) is 60.2 Å². The van der Waals surface area contributed by atoms with Crippen molar-refractivity contribution < 1.29 is 23.8 Å². The summed E-state index contributed by atoms with van der Waals surface area (Å²) >= 11 is 3.40. The second-order valence-electron chi connectivity index (χ2n) is 9.01. The highest BCUT2D eigenvalue weighted by Crippen LogP contribution is 2.43. The van der Waals surface area contributed by atoms with Crippen molar-refractivity contribution in [1.29, 1.82) is 0 Å². The molecule has 0 aliphatic carbocycles. The van der Waals surface area contributed by atoms with Gasteiger partial charge in [-0.3, -0.25) is 9.59 Å². The molecule has 206 valence electrons. The summed E-state index contributed by atoms with van der Waals surface area (Å²) in [5, 5.41) is 7.82. The Hall–Kier alpha value is -4.89. The standard InChI is InChI=1S/C32H26BrN3O5/c1-20(37)41-32-29(21-12-14-25(15-13-21)34-31(38)22-8-7-9-24(33)16-22)30(35-36(32)26-10-5-4-6-11-26)23-17-27(39-2)19-28(18-23)40-3/h4-19H,1-3H3,(H,34,38). The maximum absolute atomic E-state index is 12.8. The molecular formula is C32H26BrN3O5. The first-order valence-corrected chi connectivity index (χ1v) is 13.4. The molecule has 8 nitrogen and oxygen atoms in total. The number of amides is 1. The molecule has 9 heteroatoms. The van der Waals surface area contributed by atoms with E-state index in [2.05, 4.69) is 21.2 Å². The number of methoxy groups -OCH3 is 2. The molecule has 5 aromatic rings. The van der Waals surface area contributed by atoms with Gasteiger partial charge in [-0.25, -0.2) is 0 Å². The zero-order valence-corrected chi connectivity index (χ0v) is 24.1. The average Bonchev–Trinajstić information content (AvgIpc) is 3.36. The summed E-state index contributed by atoms with van der Waals surface area (Å²) in [5.74, 6) is 0.696.